The van der Waals surface area contributed by atoms with Gasteiger partial charge in [0.25, 0.3) is 0 Å². The number of hydrogen-bond donors (Lipinski definition) is 2. The van der Waals surface area contributed by atoms with Crippen molar-refractivity contribution in [2.75, 3.05) is 5.32 Å². The van der Waals surface area contributed by atoms with Crippen LogP contribution in [0.25, 0.3) is 0 Å². The van der Waals surface area contributed by atoms with Gasteiger partial charge in [0.2, 0.25) is 0 Å². The molecule has 0 aliphatic rings. The molecule has 88 valence electrons. The molecule has 2 aromatic heterocycles. The van der Waals surface area contributed by atoms with Gasteiger partial charge in [0.15, 0.2) is 5.69 Å². The van der Waals surface area contributed by atoms with E-state index in [4.69, 9.17) is 5.11 Å². The van der Waals surface area contributed by atoms with Crippen LogP contribution in [-0.4, -0.2) is 21.0 Å². The normalized spacial score (nSPS) is 10.2. The van der Waals surface area contributed by atoms with Crippen molar-refractivity contribution < 1.29 is 9.90 Å². The summed E-state index contributed by atoms with van der Waals surface area (Å²) in [5.74, 6) is -0.630. The minimum absolute atomic E-state index is 0.0673. The molecule has 0 unspecified atom stereocenters. The Morgan fingerprint density at radius 2 is 2.29 bits per heavy atom. The average molecular weight is 314 g/mol. The van der Waals surface area contributed by atoms with E-state index >= 15 is 0 Å². The van der Waals surface area contributed by atoms with Gasteiger partial charge in [-0.3, -0.25) is 4.98 Å². The molecule has 2 aromatic rings. The van der Waals surface area contributed by atoms with Gasteiger partial charge < -0.3 is 10.4 Å². The number of nitrogens with one attached hydrogen (secondary N) is 1. The highest BCUT2D eigenvalue weighted by molar-refractivity contribution is 9.11. The molecule has 0 aliphatic carbocycles. The number of rotatable bonds is 4. The molecule has 0 aliphatic heterocycles. The van der Waals surface area contributed by atoms with Crippen molar-refractivity contribution in [1.82, 2.24) is 9.97 Å². The van der Waals surface area contributed by atoms with E-state index in [-0.39, 0.29) is 5.69 Å². The molecule has 0 spiro atoms. The second-order valence-corrected chi connectivity index (χ2v) is 5.70. The van der Waals surface area contributed by atoms with Crippen LogP contribution in [0.5, 0.6) is 0 Å². The lowest BCUT2D eigenvalue weighted by Gasteiger charge is -2.03. The molecule has 0 saturated heterocycles. The summed E-state index contributed by atoms with van der Waals surface area (Å²) in [5, 5.41) is 11.8. The van der Waals surface area contributed by atoms with Gasteiger partial charge in [-0.1, -0.05) is 0 Å². The Kier molecular flexibility index (Phi) is 3.70. The lowest BCUT2D eigenvalue weighted by Crippen LogP contribution is -2.06. The topological polar surface area (TPSA) is 75.1 Å². The van der Waals surface area contributed by atoms with E-state index in [0.717, 1.165) is 8.66 Å². The highest BCUT2D eigenvalue weighted by atomic mass is 79.9. The number of carboxylic acids is 1. The maximum absolute atomic E-state index is 10.7. The Bertz CT molecular complexity index is 544. The molecule has 0 amide bonds. The van der Waals surface area contributed by atoms with Gasteiger partial charge in [-0.05, 0) is 28.1 Å². The van der Waals surface area contributed by atoms with E-state index in [1.165, 1.54) is 12.4 Å². The van der Waals surface area contributed by atoms with Gasteiger partial charge in [-0.25, -0.2) is 9.78 Å². The monoisotopic (exact) mass is 313 g/mol. The zero-order valence-electron chi connectivity index (χ0n) is 8.55. The number of hydrogen-bond acceptors (Lipinski definition) is 5. The molecule has 17 heavy (non-hydrogen) atoms. The van der Waals surface area contributed by atoms with Gasteiger partial charge in [0.1, 0.15) is 5.82 Å². The maximum atomic E-state index is 10.7. The number of carboxylic acid groups (broad SMARTS) is 1. The fraction of sp³-hybridized carbons (Fsp3) is 0.100. The Morgan fingerprint density at radius 3 is 2.94 bits per heavy atom. The first kappa shape index (κ1) is 12.0. The minimum Gasteiger partial charge on any atom is -0.476 e. The quantitative estimate of drug-likeness (QED) is 0.907. The molecular weight excluding hydrogens is 306 g/mol. The van der Waals surface area contributed by atoms with Crippen molar-refractivity contribution in [2.24, 2.45) is 0 Å². The van der Waals surface area contributed by atoms with Gasteiger partial charge in [0.05, 0.1) is 22.7 Å². The fourth-order valence-electron chi connectivity index (χ4n) is 1.18. The van der Waals surface area contributed by atoms with E-state index in [2.05, 4.69) is 31.2 Å². The van der Waals surface area contributed by atoms with E-state index in [1.54, 1.807) is 11.3 Å². The predicted octanol–water partition coefficient (Wildman–Crippen LogP) is 2.61. The molecule has 0 atom stereocenters. The highest BCUT2D eigenvalue weighted by Gasteiger charge is 2.06. The smallest absolute Gasteiger partial charge is 0.356 e. The van der Waals surface area contributed by atoms with Crippen LogP contribution >= 0.6 is 27.3 Å². The maximum Gasteiger partial charge on any atom is 0.356 e. The molecule has 0 radical (unpaired) electrons. The molecule has 5 nitrogen and oxygen atoms in total. The summed E-state index contributed by atoms with van der Waals surface area (Å²) >= 11 is 4.98. The Morgan fingerprint density at radius 1 is 1.47 bits per heavy atom. The summed E-state index contributed by atoms with van der Waals surface area (Å²) in [7, 11) is 0. The zero-order chi connectivity index (χ0) is 12.3. The number of aromatic nitrogens is 2. The van der Waals surface area contributed by atoms with Crippen LogP contribution in [0.1, 0.15) is 15.4 Å². The van der Waals surface area contributed by atoms with Crippen molar-refractivity contribution in [3.05, 3.63) is 38.9 Å². The number of aromatic carboxylic acids is 1. The largest absolute Gasteiger partial charge is 0.476 e. The summed E-state index contributed by atoms with van der Waals surface area (Å²) in [6.45, 7) is 0.591. The number of nitrogens with zero attached hydrogens (tertiary/aromatic N) is 2. The number of carbonyl (C=O) groups is 1. The van der Waals surface area contributed by atoms with Crippen LogP contribution in [0.15, 0.2) is 28.3 Å². The summed E-state index contributed by atoms with van der Waals surface area (Å²) in [6, 6.07) is 3.94. The molecule has 0 fully saturated rings. The zero-order valence-corrected chi connectivity index (χ0v) is 11.0. The van der Waals surface area contributed by atoms with Crippen LogP contribution in [0, 0.1) is 0 Å². The van der Waals surface area contributed by atoms with E-state index in [1.807, 2.05) is 12.1 Å². The van der Waals surface area contributed by atoms with Crippen molar-refractivity contribution >= 4 is 39.1 Å². The van der Waals surface area contributed by atoms with E-state index in [0.29, 0.717) is 12.4 Å². The Hall–Kier alpha value is -1.47. The molecule has 0 bridgehead atoms. The first-order valence-corrected chi connectivity index (χ1v) is 6.29. The Balaban J connectivity index is 2.04. The van der Waals surface area contributed by atoms with Crippen LogP contribution < -0.4 is 5.32 Å². The predicted molar refractivity (Wildman–Crippen MR) is 68.3 cm³/mol. The lowest BCUT2D eigenvalue weighted by molar-refractivity contribution is 0.0690. The molecule has 0 aromatic carbocycles. The third-order valence-corrected chi connectivity index (χ3v) is 3.55. The van der Waals surface area contributed by atoms with Crippen LogP contribution in [0.2, 0.25) is 0 Å². The first-order valence-electron chi connectivity index (χ1n) is 4.68. The molecule has 7 heteroatoms. The molecule has 2 heterocycles. The van der Waals surface area contributed by atoms with E-state index in [9.17, 15) is 4.79 Å². The third kappa shape index (κ3) is 3.24. The number of anilines is 1. The molecule has 0 saturated carbocycles. The van der Waals surface area contributed by atoms with Gasteiger partial charge in [0, 0.05) is 4.88 Å². The minimum atomic E-state index is -1.08. The Labute approximate surface area is 110 Å². The summed E-state index contributed by atoms with van der Waals surface area (Å²) in [5.41, 5.74) is -0.0673. The van der Waals surface area contributed by atoms with Crippen molar-refractivity contribution in [1.29, 1.82) is 0 Å². The van der Waals surface area contributed by atoms with Crippen LogP contribution in [0.3, 0.4) is 0 Å². The summed E-state index contributed by atoms with van der Waals surface area (Å²) < 4.78 is 1.06. The summed E-state index contributed by atoms with van der Waals surface area (Å²) in [4.78, 5) is 19.5. The van der Waals surface area contributed by atoms with Crippen molar-refractivity contribution in [3.8, 4) is 0 Å². The molecule has 2 rings (SSSR count). The lowest BCUT2D eigenvalue weighted by atomic mass is 10.4. The third-order valence-electron chi connectivity index (χ3n) is 1.93. The van der Waals surface area contributed by atoms with Crippen molar-refractivity contribution in [2.45, 2.75) is 6.54 Å². The van der Waals surface area contributed by atoms with Crippen LogP contribution in [0.4, 0.5) is 5.82 Å². The first-order chi connectivity index (χ1) is 8.15. The number of halogens is 1. The molecule has 2 N–H and O–H groups in total. The second-order valence-electron chi connectivity index (χ2n) is 3.15. The van der Waals surface area contributed by atoms with Gasteiger partial charge >= 0.3 is 5.97 Å². The standard InChI is InChI=1S/C10H8BrN3O2S/c11-8-2-1-6(17-8)3-13-9-5-12-4-7(14-9)10(15)16/h1-2,4-5H,3H2,(H,13,14)(H,15,16). The number of thiophene rings is 1. The van der Waals surface area contributed by atoms with Crippen LogP contribution in [-0.2, 0) is 6.54 Å². The van der Waals surface area contributed by atoms with Crippen molar-refractivity contribution in [3.63, 3.8) is 0 Å². The highest BCUT2D eigenvalue weighted by Crippen LogP contribution is 2.22. The SMILES string of the molecule is O=C(O)c1cncc(NCc2ccc(Br)s2)n1. The van der Waals surface area contributed by atoms with Gasteiger partial charge in [-0.15, -0.1) is 11.3 Å². The summed E-state index contributed by atoms with van der Waals surface area (Å²) in [6.07, 6.45) is 2.71. The fourth-order valence-corrected chi connectivity index (χ4v) is 2.60. The second kappa shape index (κ2) is 5.24. The molecular formula is C10H8BrN3O2S. The van der Waals surface area contributed by atoms with E-state index < -0.39 is 5.97 Å². The van der Waals surface area contributed by atoms with Gasteiger partial charge in [-0.2, -0.15) is 0 Å². The average Bonchev–Trinajstić information content (AvgIpc) is 2.73.